The molecule has 0 aliphatic carbocycles. The van der Waals surface area contributed by atoms with Crippen LogP contribution in [0.3, 0.4) is 0 Å². The molecule has 0 aromatic heterocycles. The van der Waals surface area contributed by atoms with E-state index in [4.69, 9.17) is 18.9 Å². The third-order valence-corrected chi connectivity index (χ3v) is 6.73. The second-order valence-electron chi connectivity index (χ2n) is 8.96. The Hall–Kier alpha value is -3.22. The fourth-order valence-electron chi connectivity index (χ4n) is 4.67. The zero-order chi connectivity index (χ0) is 23.8. The lowest BCUT2D eigenvalue weighted by atomic mass is 9.82. The van der Waals surface area contributed by atoms with Gasteiger partial charge in [-0.1, -0.05) is 6.07 Å². The summed E-state index contributed by atoms with van der Waals surface area (Å²) in [6, 6.07) is 7.48. The standard InChI is InChI=1S/C26H31NO6/c1-16-10-17(2)18(3)21(11-16)32-15-24(29)27-8-6-26(7-9-27)14-20(28)25-22(31-5)12-19(30-4)13-23(25)33-26/h10-13H,6-9,14-15H2,1-5H3. The number of hydrogen-bond donors (Lipinski definition) is 0. The molecular formula is C26H31NO6. The summed E-state index contributed by atoms with van der Waals surface area (Å²) in [5.41, 5.74) is 3.13. The summed E-state index contributed by atoms with van der Waals surface area (Å²) in [6.07, 6.45) is 1.42. The van der Waals surface area contributed by atoms with Crippen molar-refractivity contribution in [1.82, 2.24) is 4.90 Å². The first-order valence-electron chi connectivity index (χ1n) is 11.2. The number of fused-ring (bicyclic) bond motifs is 1. The van der Waals surface area contributed by atoms with Crippen LogP contribution in [0.15, 0.2) is 24.3 Å². The molecule has 0 bridgehead atoms. The average molecular weight is 454 g/mol. The van der Waals surface area contributed by atoms with Crippen molar-refractivity contribution in [2.24, 2.45) is 0 Å². The van der Waals surface area contributed by atoms with Gasteiger partial charge in [0, 0.05) is 38.1 Å². The number of rotatable bonds is 5. The maximum absolute atomic E-state index is 13.0. The number of amides is 1. The van der Waals surface area contributed by atoms with Gasteiger partial charge in [0.25, 0.3) is 5.91 Å². The highest BCUT2D eigenvalue weighted by atomic mass is 16.5. The molecule has 2 aliphatic heterocycles. The van der Waals surface area contributed by atoms with Crippen LogP contribution in [0.5, 0.6) is 23.0 Å². The van der Waals surface area contributed by atoms with E-state index in [1.54, 1.807) is 24.1 Å². The van der Waals surface area contributed by atoms with Crippen molar-refractivity contribution in [2.75, 3.05) is 33.9 Å². The third-order valence-electron chi connectivity index (χ3n) is 6.73. The maximum atomic E-state index is 13.0. The third kappa shape index (κ3) is 4.49. The molecule has 1 spiro atoms. The van der Waals surface area contributed by atoms with Crippen molar-refractivity contribution in [3.8, 4) is 23.0 Å². The highest BCUT2D eigenvalue weighted by molar-refractivity contribution is 6.03. The maximum Gasteiger partial charge on any atom is 0.260 e. The molecule has 0 radical (unpaired) electrons. The lowest BCUT2D eigenvalue weighted by molar-refractivity contribution is -0.136. The summed E-state index contributed by atoms with van der Waals surface area (Å²) < 4.78 is 22.9. The molecule has 7 heteroatoms. The first-order valence-corrected chi connectivity index (χ1v) is 11.2. The van der Waals surface area contributed by atoms with Crippen LogP contribution >= 0.6 is 0 Å². The van der Waals surface area contributed by atoms with Crippen LogP contribution in [0.4, 0.5) is 0 Å². The van der Waals surface area contributed by atoms with E-state index < -0.39 is 5.60 Å². The fourth-order valence-corrected chi connectivity index (χ4v) is 4.67. The number of Topliss-reactive ketones (excluding diaryl/α,β-unsaturated/α-hetero) is 1. The van der Waals surface area contributed by atoms with Gasteiger partial charge < -0.3 is 23.8 Å². The summed E-state index contributed by atoms with van der Waals surface area (Å²) in [7, 11) is 3.09. The van der Waals surface area contributed by atoms with Gasteiger partial charge in [-0.05, 0) is 43.5 Å². The number of piperidine rings is 1. The van der Waals surface area contributed by atoms with E-state index in [1.165, 1.54) is 7.11 Å². The molecule has 0 unspecified atom stereocenters. The highest BCUT2D eigenvalue weighted by Crippen LogP contribution is 2.44. The molecule has 1 saturated heterocycles. The van der Waals surface area contributed by atoms with E-state index in [9.17, 15) is 9.59 Å². The molecule has 1 fully saturated rings. The largest absolute Gasteiger partial charge is 0.496 e. The second-order valence-corrected chi connectivity index (χ2v) is 8.96. The van der Waals surface area contributed by atoms with Crippen LogP contribution in [-0.2, 0) is 4.79 Å². The Morgan fingerprint density at radius 2 is 1.76 bits per heavy atom. The van der Waals surface area contributed by atoms with Crippen LogP contribution in [0.25, 0.3) is 0 Å². The zero-order valence-corrected chi connectivity index (χ0v) is 19.9. The highest BCUT2D eigenvalue weighted by Gasteiger charge is 2.45. The van der Waals surface area contributed by atoms with Gasteiger partial charge in [-0.15, -0.1) is 0 Å². The van der Waals surface area contributed by atoms with Gasteiger partial charge in [-0.3, -0.25) is 9.59 Å². The Morgan fingerprint density at radius 1 is 1.03 bits per heavy atom. The van der Waals surface area contributed by atoms with E-state index >= 15 is 0 Å². The van der Waals surface area contributed by atoms with Crippen LogP contribution in [0.2, 0.25) is 0 Å². The first-order chi connectivity index (χ1) is 15.7. The molecule has 0 atom stereocenters. The van der Waals surface area contributed by atoms with Crippen LogP contribution in [0.1, 0.15) is 46.3 Å². The van der Waals surface area contributed by atoms with Crippen LogP contribution in [0, 0.1) is 20.8 Å². The molecule has 2 aliphatic rings. The molecule has 33 heavy (non-hydrogen) atoms. The molecular weight excluding hydrogens is 422 g/mol. The predicted molar refractivity (Wildman–Crippen MR) is 124 cm³/mol. The van der Waals surface area contributed by atoms with E-state index in [2.05, 4.69) is 6.07 Å². The topological polar surface area (TPSA) is 74.3 Å². The summed E-state index contributed by atoms with van der Waals surface area (Å²) in [5, 5.41) is 0. The van der Waals surface area contributed by atoms with Crippen molar-refractivity contribution >= 4 is 11.7 Å². The van der Waals surface area contributed by atoms with Gasteiger partial charge in [0.2, 0.25) is 0 Å². The van der Waals surface area contributed by atoms with Crippen LogP contribution < -0.4 is 18.9 Å². The van der Waals surface area contributed by atoms with Gasteiger partial charge in [-0.2, -0.15) is 0 Å². The average Bonchev–Trinajstić information content (AvgIpc) is 2.79. The lowest BCUT2D eigenvalue weighted by Crippen LogP contribution is -2.53. The van der Waals surface area contributed by atoms with Crippen molar-refractivity contribution in [2.45, 2.75) is 45.6 Å². The van der Waals surface area contributed by atoms with Gasteiger partial charge in [0.15, 0.2) is 12.4 Å². The van der Waals surface area contributed by atoms with Gasteiger partial charge in [-0.25, -0.2) is 0 Å². The number of methoxy groups -OCH3 is 2. The van der Waals surface area contributed by atoms with Gasteiger partial charge >= 0.3 is 0 Å². The lowest BCUT2D eigenvalue weighted by Gasteiger charge is -2.44. The Bertz CT molecular complexity index is 1080. The quantitative estimate of drug-likeness (QED) is 0.681. The van der Waals surface area contributed by atoms with E-state index in [0.29, 0.717) is 48.7 Å². The van der Waals surface area contributed by atoms with E-state index in [1.807, 2.05) is 26.8 Å². The number of benzene rings is 2. The van der Waals surface area contributed by atoms with E-state index in [-0.39, 0.29) is 24.7 Å². The minimum Gasteiger partial charge on any atom is -0.496 e. The Balaban J connectivity index is 1.42. The van der Waals surface area contributed by atoms with Crippen molar-refractivity contribution < 1.29 is 28.5 Å². The first kappa shape index (κ1) is 23.0. The molecule has 4 rings (SSSR count). The fraction of sp³-hybridized carbons (Fsp3) is 0.462. The second kappa shape index (κ2) is 8.96. The number of carbonyl (C=O) groups excluding carboxylic acids is 2. The normalized spacial score (nSPS) is 16.8. The minimum absolute atomic E-state index is 0.00620. The summed E-state index contributed by atoms with van der Waals surface area (Å²) in [4.78, 5) is 27.6. The molecule has 2 aromatic rings. The zero-order valence-electron chi connectivity index (χ0n) is 19.9. The summed E-state index contributed by atoms with van der Waals surface area (Å²) >= 11 is 0. The molecule has 1 amide bonds. The van der Waals surface area contributed by atoms with Crippen molar-refractivity contribution in [3.05, 3.63) is 46.5 Å². The SMILES string of the molecule is COc1cc(OC)c2c(c1)OC1(CCN(C(=O)COc3cc(C)cc(C)c3C)CC1)CC2=O. The van der Waals surface area contributed by atoms with Gasteiger partial charge in [0.1, 0.15) is 34.2 Å². The molecule has 2 aromatic carbocycles. The molecule has 176 valence electrons. The summed E-state index contributed by atoms with van der Waals surface area (Å²) in [6.45, 7) is 7.07. The molecule has 7 nitrogen and oxygen atoms in total. The molecule has 2 heterocycles. The van der Waals surface area contributed by atoms with Crippen molar-refractivity contribution in [1.29, 1.82) is 0 Å². The molecule has 0 N–H and O–H groups in total. The number of aryl methyl sites for hydroxylation is 2. The number of nitrogens with zero attached hydrogens (tertiary/aromatic N) is 1. The summed E-state index contributed by atoms with van der Waals surface area (Å²) in [5.74, 6) is 2.18. The number of ether oxygens (including phenoxy) is 4. The smallest absolute Gasteiger partial charge is 0.260 e. The Labute approximate surface area is 194 Å². The monoisotopic (exact) mass is 453 g/mol. The Morgan fingerprint density at radius 3 is 2.42 bits per heavy atom. The molecule has 0 saturated carbocycles. The number of ketones is 1. The van der Waals surface area contributed by atoms with Gasteiger partial charge in [0.05, 0.1) is 20.6 Å². The predicted octanol–water partition coefficient (Wildman–Crippen LogP) is 4.03. The minimum atomic E-state index is -0.622. The number of carbonyl (C=O) groups is 2. The van der Waals surface area contributed by atoms with Crippen LogP contribution in [-0.4, -0.2) is 56.1 Å². The number of likely N-dealkylation sites (tertiary alicyclic amines) is 1. The van der Waals surface area contributed by atoms with Crippen molar-refractivity contribution in [3.63, 3.8) is 0 Å². The number of hydrogen-bond acceptors (Lipinski definition) is 6. The van der Waals surface area contributed by atoms with E-state index in [0.717, 1.165) is 22.4 Å². The Kier molecular flexibility index (Phi) is 6.23.